The van der Waals surface area contributed by atoms with E-state index in [9.17, 15) is 4.79 Å². The van der Waals surface area contributed by atoms with Gasteiger partial charge in [0.05, 0.1) is 0 Å². The lowest BCUT2D eigenvalue weighted by atomic mass is 10.2. The van der Waals surface area contributed by atoms with Crippen LogP contribution in [0.4, 0.5) is 0 Å². The second kappa shape index (κ2) is 10.4. The van der Waals surface area contributed by atoms with Crippen molar-refractivity contribution in [2.75, 3.05) is 6.54 Å². The van der Waals surface area contributed by atoms with E-state index in [0.717, 1.165) is 12.8 Å². The molecule has 0 spiro atoms. The lowest BCUT2D eigenvalue weighted by Gasteiger charge is -2.01. The number of amides is 1. The Kier molecular flexibility index (Phi) is 9.22. The van der Waals surface area contributed by atoms with Crippen molar-refractivity contribution in [2.24, 2.45) is 5.73 Å². The number of nitrogens with two attached hydrogens (primary N) is 1. The Labute approximate surface area is 91.4 Å². The van der Waals surface area contributed by atoms with Crippen LogP contribution in [0, 0.1) is 12.3 Å². The molecule has 0 aromatic rings. The number of allylic oxidation sites excluding steroid dienone is 3. The van der Waals surface area contributed by atoms with E-state index in [-0.39, 0.29) is 5.91 Å². The second-order valence-corrected chi connectivity index (χ2v) is 3.01. The van der Waals surface area contributed by atoms with E-state index in [1.165, 1.54) is 6.20 Å². The third kappa shape index (κ3) is 10.2. The summed E-state index contributed by atoms with van der Waals surface area (Å²) in [7, 11) is 0. The van der Waals surface area contributed by atoms with Crippen molar-refractivity contribution in [2.45, 2.75) is 25.7 Å². The molecule has 0 aromatic carbocycles. The molecule has 0 aromatic heterocycles. The van der Waals surface area contributed by atoms with Gasteiger partial charge in [0.15, 0.2) is 0 Å². The maximum atomic E-state index is 11.1. The van der Waals surface area contributed by atoms with Gasteiger partial charge < -0.3 is 11.1 Å². The Balaban J connectivity index is 3.31. The van der Waals surface area contributed by atoms with Gasteiger partial charge >= 0.3 is 0 Å². The van der Waals surface area contributed by atoms with Crippen LogP contribution in [0.5, 0.6) is 0 Å². The molecule has 0 aliphatic rings. The van der Waals surface area contributed by atoms with E-state index in [1.54, 1.807) is 6.08 Å². The first-order valence-electron chi connectivity index (χ1n) is 5.05. The number of hydrogen-bond donors (Lipinski definition) is 2. The Morgan fingerprint density at radius 1 is 1.47 bits per heavy atom. The molecule has 0 saturated heterocycles. The van der Waals surface area contributed by atoms with E-state index < -0.39 is 0 Å². The van der Waals surface area contributed by atoms with Gasteiger partial charge in [-0.3, -0.25) is 4.79 Å². The fourth-order valence-electron chi connectivity index (χ4n) is 0.961. The van der Waals surface area contributed by atoms with Gasteiger partial charge in [0.25, 0.3) is 0 Å². The summed E-state index contributed by atoms with van der Waals surface area (Å²) in [5.41, 5.74) is 5.15. The summed E-state index contributed by atoms with van der Waals surface area (Å²) in [6.45, 7) is 0.695. The first-order valence-corrected chi connectivity index (χ1v) is 5.05. The number of hydrogen-bond acceptors (Lipinski definition) is 2. The van der Waals surface area contributed by atoms with Crippen molar-refractivity contribution in [1.82, 2.24) is 5.32 Å². The molecule has 3 nitrogen and oxygen atoms in total. The normalized spacial score (nSPS) is 10.6. The number of nitrogens with one attached hydrogen (secondary N) is 1. The molecule has 0 fully saturated rings. The number of terminal acetylenes is 1. The largest absolute Gasteiger partial charge is 0.405 e. The third-order valence-corrected chi connectivity index (χ3v) is 1.72. The highest BCUT2D eigenvalue weighted by Gasteiger charge is 1.96. The molecule has 3 heteroatoms. The van der Waals surface area contributed by atoms with Gasteiger partial charge in [-0.25, -0.2) is 0 Å². The molecule has 3 N–H and O–H groups in total. The zero-order valence-electron chi connectivity index (χ0n) is 8.91. The molecule has 82 valence electrons. The lowest BCUT2D eigenvalue weighted by molar-refractivity contribution is -0.120. The van der Waals surface area contributed by atoms with Crippen LogP contribution in [0.1, 0.15) is 25.7 Å². The minimum atomic E-state index is 0.0267. The summed E-state index contributed by atoms with van der Waals surface area (Å²) in [5, 5.41) is 2.80. The highest BCUT2D eigenvalue weighted by atomic mass is 16.1. The van der Waals surface area contributed by atoms with E-state index in [4.69, 9.17) is 12.2 Å². The quantitative estimate of drug-likeness (QED) is 0.375. The maximum absolute atomic E-state index is 11.1. The maximum Gasteiger partial charge on any atom is 0.220 e. The molecular formula is C12H18N2O. The van der Waals surface area contributed by atoms with Crippen LogP contribution in [-0.2, 0) is 4.79 Å². The molecule has 0 saturated carbocycles. The van der Waals surface area contributed by atoms with Gasteiger partial charge in [-0.15, -0.1) is 12.3 Å². The van der Waals surface area contributed by atoms with Gasteiger partial charge in [-0.05, 0) is 25.1 Å². The minimum Gasteiger partial charge on any atom is -0.405 e. The molecule has 0 unspecified atom stereocenters. The molecule has 0 atom stereocenters. The van der Waals surface area contributed by atoms with Crippen molar-refractivity contribution in [1.29, 1.82) is 0 Å². The molecule has 0 rings (SSSR count). The van der Waals surface area contributed by atoms with Gasteiger partial charge in [-0.2, -0.15) is 0 Å². The van der Waals surface area contributed by atoms with Gasteiger partial charge in [-0.1, -0.05) is 12.2 Å². The van der Waals surface area contributed by atoms with Crippen molar-refractivity contribution < 1.29 is 4.79 Å². The zero-order valence-corrected chi connectivity index (χ0v) is 8.91. The third-order valence-electron chi connectivity index (χ3n) is 1.72. The fraction of sp³-hybridized carbons (Fsp3) is 0.417. The first-order chi connectivity index (χ1) is 7.31. The summed E-state index contributed by atoms with van der Waals surface area (Å²) in [4.78, 5) is 11.1. The van der Waals surface area contributed by atoms with Crippen LogP contribution in [0.25, 0.3) is 0 Å². The van der Waals surface area contributed by atoms with Crippen LogP contribution in [-0.4, -0.2) is 12.5 Å². The van der Waals surface area contributed by atoms with E-state index in [2.05, 4.69) is 11.2 Å². The van der Waals surface area contributed by atoms with Crippen LogP contribution in [0.15, 0.2) is 24.4 Å². The van der Waals surface area contributed by atoms with E-state index >= 15 is 0 Å². The monoisotopic (exact) mass is 206 g/mol. The van der Waals surface area contributed by atoms with E-state index in [0.29, 0.717) is 19.4 Å². The summed E-state index contributed by atoms with van der Waals surface area (Å²) < 4.78 is 0. The highest BCUT2D eigenvalue weighted by molar-refractivity contribution is 5.76. The van der Waals surface area contributed by atoms with Crippen LogP contribution < -0.4 is 11.1 Å². The van der Waals surface area contributed by atoms with Gasteiger partial charge in [0.1, 0.15) is 0 Å². The number of rotatable bonds is 7. The van der Waals surface area contributed by atoms with Crippen molar-refractivity contribution >= 4 is 5.91 Å². The van der Waals surface area contributed by atoms with Crippen molar-refractivity contribution in [3.8, 4) is 12.3 Å². The SMILES string of the molecule is C#CCCC(=O)NCCC/C=C\C=C/N. The topological polar surface area (TPSA) is 55.1 Å². The number of carbonyl (C=O) groups is 1. The molecule has 0 aliphatic heterocycles. The molecule has 0 heterocycles. The summed E-state index contributed by atoms with van der Waals surface area (Å²) in [6, 6.07) is 0. The standard InChI is InChI=1S/C12H18N2O/c1-2-3-9-12(15)14-11-8-6-4-5-7-10-13/h1,4-5,7,10H,3,6,8-9,11,13H2,(H,14,15)/b5-4-,10-7-. The number of carbonyl (C=O) groups excluding carboxylic acids is 1. The van der Waals surface area contributed by atoms with Crippen molar-refractivity contribution in [3.05, 3.63) is 24.4 Å². The molecule has 1 amide bonds. The molecule has 0 aliphatic carbocycles. The summed E-state index contributed by atoms with van der Waals surface area (Å²) >= 11 is 0. The molecular weight excluding hydrogens is 188 g/mol. The molecule has 15 heavy (non-hydrogen) atoms. The molecule has 0 bridgehead atoms. The Morgan fingerprint density at radius 3 is 2.93 bits per heavy atom. The Morgan fingerprint density at radius 2 is 2.27 bits per heavy atom. The lowest BCUT2D eigenvalue weighted by Crippen LogP contribution is -2.23. The van der Waals surface area contributed by atoms with Gasteiger partial charge in [0, 0.05) is 19.4 Å². The van der Waals surface area contributed by atoms with Crippen LogP contribution >= 0.6 is 0 Å². The average molecular weight is 206 g/mol. The van der Waals surface area contributed by atoms with Crippen molar-refractivity contribution in [3.63, 3.8) is 0 Å². The number of unbranched alkanes of at least 4 members (excludes halogenated alkanes) is 1. The summed E-state index contributed by atoms with van der Waals surface area (Å²) in [6.07, 6.45) is 15.0. The van der Waals surface area contributed by atoms with Crippen LogP contribution in [0.3, 0.4) is 0 Å². The average Bonchev–Trinajstić information content (AvgIpc) is 2.25. The van der Waals surface area contributed by atoms with Crippen LogP contribution in [0.2, 0.25) is 0 Å². The predicted octanol–water partition coefficient (Wildman–Crippen LogP) is 1.32. The second-order valence-electron chi connectivity index (χ2n) is 3.01. The minimum absolute atomic E-state index is 0.0267. The zero-order chi connectivity index (χ0) is 11.4. The highest BCUT2D eigenvalue weighted by Crippen LogP contribution is 1.91. The predicted molar refractivity (Wildman–Crippen MR) is 62.8 cm³/mol. The summed E-state index contributed by atoms with van der Waals surface area (Å²) in [5.74, 6) is 2.46. The Hall–Kier alpha value is -1.69. The van der Waals surface area contributed by atoms with E-state index in [1.807, 2.05) is 12.2 Å². The fourth-order valence-corrected chi connectivity index (χ4v) is 0.961. The Bertz CT molecular complexity index is 261. The first kappa shape index (κ1) is 13.3. The molecule has 0 radical (unpaired) electrons. The van der Waals surface area contributed by atoms with Gasteiger partial charge in [0.2, 0.25) is 5.91 Å². The smallest absolute Gasteiger partial charge is 0.220 e.